The summed E-state index contributed by atoms with van der Waals surface area (Å²) in [5.74, 6) is -0.0869. The topological polar surface area (TPSA) is 62.3 Å². The molecule has 1 aliphatic heterocycles. The number of amides is 2. The minimum atomic E-state index is -0.0856. The Balaban J connectivity index is 1.76. The van der Waals surface area contributed by atoms with Crippen molar-refractivity contribution in [2.24, 2.45) is 0 Å². The van der Waals surface area contributed by atoms with Gasteiger partial charge in [-0.15, -0.1) is 0 Å². The molecular weight excluding hydrogens is 346 g/mol. The molecule has 4 rings (SSSR count). The van der Waals surface area contributed by atoms with Gasteiger partial charge in [0, 0.05) is 28.7 Å². The van der Waals surface area contributed by atoms with Crippen LogP contribution in [0, 0.1) is 0 Å². The van der Waals surface area contributed by atoms with Crippen molar-refractivity contribution >= 4 is 29.3 Å². The Labute approximate surface area is 157 Å². The molecule has 6 heteroatoms. The predicted molar refractivity (Wildman–Crippen MR) is 102 cm³/mol. The average molecular weight is 367 g/mol. The van der Waals surface area contributed by atoms with E-state index in [2.05, 4.69) is 10.3 Å². The molecule has 1 saturated carbocycles. The molecule has 0 spiro atoms. The van der Waals surface area contributed by atoms with Gasteiger partial charge in [0.05, 0.1) is 11.3 Å². The Bertz CT molecular complexity index is 879. The van der Waals surface area contributed by atoms with E-state index >= 15 is 0 Å². The molecule has 1 fully saturated rings. The average Bonchev–Trinajstić information content (AvgIpc) is 3.48. The maximum absolute atomic E-state index is 13.1. The smallest absolute Gasteiger partial charge is 0.261 e. The molecule has 26 heavy (non-hydrogen) atoms. The quantitative estimate of drug-likeness (QED) is 0.891. The lowest BCUT2D eigenvalue weighted by Gasteiger charge is -2.23. The Morgan fingerprint density at radius 2 is 2.19 bits per heavy atom. The van der Waals surface area contributed by atoms with E-state index in [0.29, 0.717) is 16.2 Å². The first kappa shape index (κ1) is 17.1. The van der Waals surface area contributed by atoms with Crippen LogP contribution in [0.5, 0.6) is 0 Å². The van der Waals surface area contributed by atoms with Crippen LogP contribution in [0.1, 0.15) is 53.8 Å². The molecule has 1 N–H and O–H groups in total. The van der Waals surface area contributed by atoms with Crippen molar-refractivity contribution in [3.8, 4) is 0 Å². The number of anilines is 1. The van der Waals surface area contributed by atoms with E-state index < -0.39 is 0 Å². The van der Waals surface area contributed by atoms with Crippen LogP contribution in [-0.2, 0) is 0 Å². The Hall–Kier alpha value is -2.34. The monoisotopic (exact) mass is 367 g/mol. The number of fused-ring (bicyclic) bond motifs is 2. The second-order valence-electron chi connectivity index (χ2n) is 6.83. The summed E-state index contributed by atoms with van der Waals surface area (Å²) in [5.41, 5.74) is 2.12. The number of hydrogen-bond acceptors (Lipinski definition) is 4. The first-order valence-electron chi connectivity index (χ1n) is 8.99. The lowest BCUT2D eigenvalue weighted by molar-refractivity contribution is 0.0938. The molecule has 5 nitrogen and oxygen atoms in total. The SMILES string of the molecule is CCC(C)NC(=O)c1ccc2c(c1)Sc1ncccc1C(=O)N2C1CC1. The summed E-state index contributed by atoms with van der Waals surface area (Å²) in [6, 6.07) is 9.58. The minimum Gasteiger partial charge on any atom is -0.350 e. The van der Waals surface area contributed by atoms with Crippen molar-refractivity contribution in [2.75, 3.05) is 4.90 Å². The van der Waals surface area contributed by atoms with Crippen molar-refractivity contribution in [1.82, 2.24) is 10.3 Å². The highest BCUT2D eigenvalue weighted by atomic mass is 32.2. The van der Waals surface area contributed by atoms with Crippen LogP contribution < -0.4 is 10.2 Å². The zero-order valence-corrected chi connectivity index (χ0v) is 15.7. The fraction of sp³-hybridized carbons (Fsp3) is 0.350. The molecule has 2 aromatic rings. The minimum absolute atomic E-state index is 0.00124. The van der Waals surface area contributed by atoms with Gasteiger partial charge in [0.25, 0.3) is 11.8 Å². The first-order valence-corrected chi connectivity index (χ1v) is 9.81. The molecular formula is C20H21N3O2S. The molecule has 1 atom stereocenters. The van der Waals surface area contributed by atoms with Crippen LogP contribution in [-0.4, -0.2) is 28.9 Å². The summed E-state index contributed by atoms with van der Waals surface area (Å²) < 4.78 is 0. The van der Waals surface area contributed by atoms with E-state index in [0.717, 1.165) is 29.8 Å². The van der Waals surface area contributed by atoms with Crippen LogP contribution >= 0.6 is 11.8 Å². The van der Waals surface area contributed by atoms with Gasteiger partial charge in [-0.2, -0.15) is 0 Å². The van der Waals surface area contributed by atoms with Gasteiger partial charge < -0.3 is 10.2 Å². The van der Waals surface area contributed by atoms with Crippen molar-refractivity contribution in [2.45, 2.75) is 55.1 Å². The van der Waals surface area contributed by atoms with E-state index in [4.69, 9.17) is 0 Å². The number of nitrogens with one attached hydrogen (secondary N) is 1. The number of carbonyl (C=O) groups is 2. The number of nitrogens with zero attached hydrogens (tertiary/aromatic N) is 2. The molecule has 1 aromatic carbocycles. The molecule has 2 amide bonds. The number of pyridine rings is 1. The largest absolute Gasteiger partial charge is 0.350 e. The fourth-order valence-electron chi connectivity index (χ4n) is 3.02. The van der Waals surface area contributed by atoms with Gasteiger partial charge in [-0.25, -0.2) is 4.98 Å². The molecule has 0 saturated heterocycles. The van der Waals surface area contributed by atoms with E-state index in [1.165, 1.54) is 11.8 Å². The normalized spacial score (nSPS) is 17.2. The number of carbonyl (C=O) groups excluding carboxylic acids is 2. The summed E-state index contributed by atoms with van der Waals surface area (Å²) in [7, 11) is 0. The fourth-order valence-corrected chi connectivity index (χ4v) is 4.06. The van der Waals surface area contributed by atoms with E-state index in [1.54, 1.807) is 12.3 Å². The standard InChI is InChI=1S/C20H21N3O2S/c1-3-12(2)22-18(24)13-6-9-16-17(11-13)26-19-15(5-4-10-21-19)20(25)23(16)14-7-8-14/h4-6,9-12,14H,3,7-8H2,1-2H3,(H,22,24). The first-order chi connectivity index (χ1) is 12.6. The van der Waals surface area contributed by atoms with E-state index in [-0.39, 0.29) is 23.9 Å². The highest BCUT2D eigenvalue weighted by Gasteiger charge is 2.38. The van der Waals surface area contributed by atoms with Gasteiger partial charge in [-0.05, 0) is 56.5 Å². The summed E-state index contributed by atoms with van der Waals surface area (Å²) in [6.45, 7) is 4.03. The number of aromatic nitrogens is 1. The van der Waals surface area contributed by atoms with Crippen LogP contribution in [0.25, 0.3) is 0 Å². The summed E-state index contributed by atoms with van der Waals surface area (Å²) in [5, 5.41) is 3.69. The summed E-state index contributed by atoms with van der Waals surface area (Å²) in [6.07, 6.45) is 4.61. The van der Waals surface area contributed by atoms with E-state index in [1.807, 2.05) is 43.0 Å². The van der Waals surface area contributed by atoms with Crippen LogP contribution in [0.2, 0.25) is 0 Å². The van der Waals surface area contributed by atoms with E-state index in [9.17, 15) is 9.59 Å². The van der Waals surface area contributed by atoms with Crippen LogP contribution in [0.15, 0.2) is 46.5 Å². The maximum Gasteiger partial charge on any atom is 0.261 e. The number of rotatable bonds is 4. The van der Waals surface area contributed by atoms with Gasteiger partial charge in [0.1, 0.15) is 5.03 Å². The summed E-state index contributed by atoms with van der Waals surface area (Å²) >= 11 is 1.46. The van der Waals surface area contributed by atoms with Crippen molar-refractivity contribution in [3.05, 3.63) is 47.7 Å². The molecule has 134 valence electrons. The van der Waals surface area contributed by atoms with Crippen molar-refractivity contribution in [1.29, 1.82) is 0 Å². The van der Waals surface area contributed by atoms with Crippen LogP contribution in [0.4, 0.5) is 5.69 Å². The van der Waals surface area contributed by atoms with Gasteiger partial charge >= 0.3 is 0 Å². The Morgan fingerprint density at radius 1 is 1.38 bits per heavy atom. The van der Waals surface area contributed by atoms with Gasteiger partial charge in [0.15, 0.2) is 0 Å². The van der Waals surface area contributed by atoms with Gasteiger partial charge in [0.2, 0.25) is 0 Å². The Morgan fingerprint density at radius 3 is 2.92 bits per heavy atom. The predicted octanol–water partition coefficient (Wildman–Crippen LogP) is 3.88. The van der Waals surface area contributed by atoms with Crippen LogP contribution in [0.3, 0.4) is 0 Å². The molecule has 0 bridgehead atoms. The molecule has 1 aliphatic carbocycles. The second-order valence-corrected chi connectivity index (χ2v) is 7.86. The third-order valence-electron chi connectivity index (χ3n) is 4.81. The summed E-state index contributed by atoms with van der Waals surface area (Å²) in [4.78, 5) is 32.8. The highest BCUT2D eigenvalue weighted by molar-refractivity contribution is 7.99. The molecule has 2 heterocycles. The highest BCUT2D eigenvalue weighted by Crippen LogP contribution is 2.44. The van der Waals surface area contributed by atoms with Gasteiger partial charge in [-0.1, -0.05) is 18.7 Å². The third-order valence-corrected chi connectivity index (χ3v) is 5.88. The number of benzene rings is 1. The molecule has 0 radical (unpaired) electrons. The molecule has 1 aromatic heterocycles. The van der Waals surface area contributed by atoms with Gasteiger partial charge in [-0.3, -0.25) is 9.59 Å². The number of hydrogen-bond donors (Lipinski definition) is 1. The Kier molecular flexibility index (Phi) is 4.44. The van der Waals surface area contributed by atoms with Crippen molar-refractivity contribution in [3.63, 3.8) is 0 Å². The lowest BCUT2D eigenvalue weighted by atomic mass is 10.1. The zero-order valence-electron chi connectivity index (χ0n) is 14.9. The zero-order chi connectivity index (χ0) is 18.3. The van der Waals surface area contributed by atoms with Crippen molar-refractivity contribution < 1.29 is 9.59 Å². The maximum atomic E-state index is 13.1. The second kappa shape index (κ2) is 6.76. The molecule has 1 unspecified atom stereocenters. The third kappa shape index (κ3) is 3.09. The lowest BCUT2D eigenvalue weighted by Crippen LogP contribution is -2.33. The molecule has 2 aliphatic rings.